The molecule has 1 aliphatic rings. The number of carboxylic acid groups (broad SMARTS) is 1. The lowest BCUT2D eigenvalue weighted by Gasteiger charge is -2.37. The van der Waals surface area contributed by atoms with Crippen LogP contribution in [0.25, 0.3) is 0 Å². The van der Waals surface area contributed by atoms with Gasteiger partial charge < -0.3 is 24.8 Å². The Morgan fingerprint density at radius 1 is 1.26 bits per heavy atom. The largest absolute Gasteiger partial charge is 0.494 e. The first kappa shape index (κ1) is 26.4. The van der Waals surface area contributed by atoms with Crippen molar-refractivity contribution in [1.82, 2.24) is 10.2 Å². The second-order valence-corrected chi connectivity index (χ2v) is 7.42. The highest BCUT2D eigenvalue weighted by Crippen LogP contribution is 2.29. The molecule has 0 aliphatic heterocycles. The third-order valence-electron chi connectivity index (χ3n) is 5.25. The van der Waals surface area contributed by atoms with Gasteiger partial charge in [0.05, 0.1) is 18.8 Å². The van der Waals surface area contributed by atoms with Gasteiger partial charge in [0.2, 0.25) is 5.91 Å². The van der Waals surface area contributed by atoms with Crippen molar-refractivity contribution >= 4 is 18.3 Å². The minimum Gasteiger partial charge on any atom is -0.494 e. The van der Waals surface area contributed by atoms with Gasteiger partial charge in [-0.1, -0.05) is 13.0 Å². The van der Waals surface area contributed by atoms with Crippen molar-refractivity contribution in [2.45, 2.75) is 58.6 Å². The Labute approximate surface area is 184 Å². The number of ether oxygens (including phenoxy) is 2. The fourth-order valence-corrected chi connectivity index (χ4v) is 3.60. The van der Waals surface area contributed by atoms with Crippen molar-refractivity contribution in [3.05, 3.63) is 29.8 Å². The Bertz CT molecular complexity index is 696. The van der Waals surface area contributed by atoms with E-state index in [-0.39, 0.29) is 36.4 Å². The maximum Gasteiger partial charge on any atom is 0.290 e. The predicted octanol–water partition coefficient (Wildman–Crippen LogP) is 2.96. The van der Waals surface area contributed by atoms with Crippen molar-refractivity contribution < 1.29 is 29.0 Å². The molecule has 1 saturated carbocycles. The summed E-state index contributed by atoms with van der Waals surface area (Å²) in [5, 5.41) is 10.0. The molecule has 0 saturated heterocycles. The molecule has 2 amide bonds. The smallest absolute Gasteiger partial charge is 0.290 e. The maximum absolute atomic E-state index is 12.8. The number of amides is 2. The molecule has 1 aromatic rings. The third-order valence-corrected chi connectivity index (χ3v) is 5.25. The molecule has 0 aromatic heterocycles. The summed E-state index contributed by atoms with van der Waals surface area (Å²) >= 11 is 0. The number of carbonyl (C=O) groups is 3. The van der Waals surface area contributed by atoms with Gasteiger partial charge in [-0.25, -0.2) is 0 Å². The summed E-state index contributed by atoms with van der Waals surface area (Å²) in [6.07, 6.45) is 3.04. The van der Waals surface area contributed by atoms with Gasteiger partial charge in [0.15, 0.2) is 0 Å². The topological polar surface area (TPSA) is 105 Å². The second kappa shape index (κ2) is 14.4. The lowest BCUT2D eigenvalue weighted by molar-refractivity contribution is -0.136. The summed E-state index contributed by atoms with van der Waals surface area (Å²) in [5.74, 6) is 0.587. The standard InChI is InChI=1S/C22H34N2O4.CH2O2/c1-5-13-28-20-12-11-17(22(26)24(4)6-2)15-19(20)23-21(25)16-9-8-10-18(14-16)27-7-3;2-1-3/h8-10,14,17,19-20H,5-7,11-13,15H2,1-4H3,(H,23,25);1H,(H,2,3)/t17-,19+,20+;/m0./s1. The molecule has 3 atom stereocenters. The fourth-order valence-electron chi connectivity index (χ4n) is 3.60. The quantitative estimate of drug-likeness (QED) is 0.577. The predicted molar refractivity (Wildman–Crippen MR) is 118 cm³/mol. The van der Waals surface area contributed by atoms with Crippen LogP contribution in [0.4, 0.5) is 0 Å². The molecule has 2 N–H and O–H groups in total. The minimum absolute atomic E-state index is 0.0602. The summed E-state index contributed by atoms with van der Waals surface area (Å²) in [6, 6.07) is 6.99. The Hall–Kier alpha value is -2.61. The zero-order valence-corrected chi connectivity index (χ0v) is 19.0. The van der Waals surface area contributed by atoms with Gasteiger partial charge in [0.1, 0.15) is 5.75 Å². The summed E-state index contributed by atoms with van der Waals surface area (Å²) in [5.41, 5.74) is 0.555. The molecule has 0 radical (unpaired) electrons. The first-order valence-electron chi connectivity index (χ1n) is 10.9. The molecule has 0 spiro atoms. The molecule has 0 unspecified atom stereocenters. The molecule has 1 fully saturated rings. The highest BCUT2D eigenvalue weighted by atomic mass is 16.5. The average molecular weight is 437 g/mol. The molecular formula is C23H36N2O6. The molecule has 1 aliphatic carbocycles. The number of rotatable bonds is 9. The third kappa shape index (κ3) is 8.57. The van der Waals surface area contributed by atoms with E-state index in [1.807, 2.05) is 33.0 Å². The number of hydrogen-bond donors (Lipinski definition) is 2. The Balaban J connectivity index is 0.00000151. The summed E-state index contributed by atoms with van der Waals surface area (Å²) in [7, 11) is 1.83. The molecule has 2 rings (SSSR count). The SMILES string of the molecule is CCCO[C@@H]1CC[C@H](C(=O)N(C)CC)C[C@H]1NC(=O)c1cccc(OCC)c1.O=CO. The number of hydrogen-bond acceptors (Lipinski definition) is 5. The lowest BCUT2D eigenvalue weighted by atomic mass is 9.82. The Morgan fingerprint density at radius 3 is 2.58 bits per heavy atom. The van der Waals surface area contributed by atoms with Crippen molar-refractivity contribution in [3.8, 4) is 5.75 Å². The van der Waals surface area contributed by atoms with Crippen LogP contribution in [0.5, 0.6) is 5.75 Å². The van der Waals surface area contributed by atoms with Gasteiger partial charge in [-0.05, 0) is 57.7 Å². The fraction of sp³-hybridized carbons (Fsp3) is 0.609. The van der Waals surface area contributed by atoms with Crippen LogP contribution in [0.1, 0.15) is 56.8 Å². The maximum atomic E-state index is 12.8. The zero-order valence-electron chi connectivity index (χ0n) is 19.0. The van der Waals surface area contributed by atoms with E-state index in [9.17, 15) is 9.59 Å². The number of nitrogens with zero attached hydrogens (tertiary/aromatic N) is 1. The van der Waals surface area contributed by atoms with E-state index in [1.54, 1.807) is 17.0 Å². The van der Waals surface area contributed by atoms with Crippen LogP contribution in [0, 0.1) is 5.92 Å². The van der Waals surface area contributed by atoms with Crippen LogP contribution in [-0.2, 0) is 14.3 Å². The normalized spacial score (nSPS) is 20.1. The van der Waals surface area contributed by atoms with Gasteiger partial charge in [0.25, 0.3) is 12.4 Å². The minimum atomic E-state index is -0.250. The Morgan fingerprint density at radius 2 is 1.97 bits per heavy atom. The summed E-state index contributed by atoms with van der Waals surface area (Å²) in [4.78, 5) is 35.6. The molecule has 174 valence electrons. The van der Waals surface area contributed by atoms with E-state index < -0.39 is 0 Å². The van der Waals surface area contributed by atoms with E-state index >= 15 is 0 Å². The van der Waals surface area contributed by atoms with Crippen molar-refractivity contribution in [3.63, 3.8) is 0 Å². The number of carbonyl (C=O) groups excluding carboxylic acids is 2. The molecule has 8 heteroatoms. The molecule has 1 aromatic carbocycles. The van der Waals surface area contributed by atoms with Gasteiger partial charge >= 0.3 is 0 Å². The first-order chi connectivity index (χ1) is 14.9. The molecule has 0 bridgehead atoms. The monoisotopic (exact) mass is 436 g/mol. The highest BCUT2D eigenvalue weighted by Gasteiger charge is 2.36. The lowest BCUT2D eigenvalue weighted by Crippen LogP contribution is -2.50. The number of nitrogens with one attached hydrogen (secondary N) is 1. The first-order valence-corrected chi connectivity index (χ1v) is 10.9. The van der Waals surface area contributed by atoms with Gasteiger partial charge in [-0.2, -0.15) is 0 Å². The van der Waals surface area contributed by atoms with Crippen LogP contribution < -0.4 is 10.1 Å². The molecule has 31 heavy (non-hydrogen) atoms. The Kier molecular flexibility index (Phi) is 12.3. The average Bonchev–Trinajstić information content (AvgIpc) is 2.78. The van der Waals surface area contributed by atoms with Gasteiger partial charge in [-0.3, -0.25) is 14.4 Å². The van der Waals surface area contributed by atoms with E-state index in [2.05, 4.69) is 12.2 Å². The van der Waals surface area contributed by atoms with Crippen molar-refractivity contribution in [1.29, 1.82) is 0 Å². The molecular weight excluding hydrogens is 400 g/mol. The van der Waals surface area contributed by atoms with E-state index in [0.717, 1.165) is 19.3 Å². The van der Waals surface area contributed by atoms with Crippen molar-refractivity contribution in [2.24, 2.45) is 5.92 Å². The van der Waals surface area contributed by atoms with Crippen LogP contribution >= 0.6 is 0 Å². The van der Waals surface area contributed by atoms with Crippen LogP contribution in [0.3, 0.4) is 0 Å². The van der Waals surface area contributed by atoms with Gasteiger partial charge in [-0.15, -0.1) is 0 Å². The van der Waals surface area contributed by atoms with E-state index in [0.29, 0.717) is 37.5 Å². The van der Waals surface area contributed by atoms with Crippen LogP contribution in [0.2, 0.25) is 0 Å². The summed E-state index contributed by atoms with van der Waals surface area (Å²) < 4.78 is 11.5. The molecule has 0 heterocycles. The highest BCUT2D eigenvalue weighted by molar-refractivity contribution is 5.94. The molecule has 8 nitrogen and oxygen atoms in total. The van der Waals surface area contributed by atoms with E-state index in [4.69, 9.17) is 19.4 Å². The zero-order chi connectivity index (χ0) is 23.2. The van der Waals surface area contributed by atoms with Crippen LogP contribution in [0.15, 0.2) is 24.3 Å². The van der Waals surface area contributed by atoms with Gasteiger partial charge in [0, 0.05) is 31.7 Å². The van der Waals surface area contributed by atoms with E-state index in [1.165, 1.54) is 0 Å². The second-order valence-electron chi connectivity index (χ2n) is 7.42. The van der Waals surface area contributed by atoms with Crippen molar-refractivity contribution in [2.75, 3.05) is 26.8 Å². The van der Waals surface area contributed by atoms with Crippen LogP contribution in [-0.4, -0.2) is 67.2 Å². The summed E-state index contributed by atoms with van der Waals surface area (Å²) in [6.45, 7) is 7.59. The number of benzene rings is 1.